The highest BCUT2D eigenvalue weighted by molar-refractivity contribution is 6.07. The molecule has 4 rings (SSSR count). The van der Waals surface area contributed by atoms with Crippen molar-refractivity contribution in [2.45, 2.75) is 6.42 Å². The lowest BCUT2D eigenvalue weighted by Gasteiger charge is -2.12. The van der Waals surface area contributed by atoms with Crippen LogP contribution in [-0.2, 0) is 6.42 Å². The van der Waals surface area contributed by atoms with Crippen LogP contribution in [0, 0.1) is 11.6 Å². The summed E-state index contributed by atoms with van der Waals surface area (Å²) in [7, 11) is 1.62. The Labute approximate surface area is 201 Å². The van der Waals surface area contributed by atoms with Crippen LogP contribution in [0.5, 0.6) is 17.2 Å². The maximum absolute atomic E-state index is 14.2. The van der Waals surface area contributed by atoms with Crippen molar-refractivity contribution >= 4 is 11.6 Å². The standard InChI is InChI=1S/C28H23F2NO4/c1-34-27-8-3-2-5-18(27)13-14-35-22-7-4-6-21(17-22)31-28(33)24-15-19(9-12-26(24)32)23-11-10-20(29)16-25(23)30/h2-12,15-17,32H,13-14H2,1H3,(H,31,33). The van der Waals surface area contributed by atoms with Gasteiger partial charge in [0.2, 0.25) is 0 Å². The van der Waals surface area contributed by atoms with Crippen LogP contribution in [0.2, 0.25) is 0 Å². The number of hydrogen-bond acceptors (Lipinski definition) is 4. The first-order chi connectivity index (χ1) is 16.9. The van der Waals surface area contributed by atoms with Crippen LogP contribution in [0.25, 0.3) is 11.1 Å². The third-order valence-corrected chi connectivity index (χ3v) is 5.41. The second kappa shape index (κ2) is 10.7. The first-order valence-corrected chi connectivity index (χ1v) is 10.9. The topological polar surface area (TPSA) is 67.8 Å². The molecule has 0 fully saturated rings. The molecule has 0 saturated heterocycles. The number of hydrogen-bond donors (Lipinski definition) is 2. The number of phenols is 1. The van der Waals surface area contributed by atoms with E-state index in [4.69, 9.17) is 9.47 Å². The van der Waals surface area contributed by atoms with Gasteiger partial charge in [-0.3, -0.25) is 4.79 Å². The molecule has 0 aliphatic rings. The highest BCUT2D eigenvalue weighted by Crippen LogP contribution is 2.29. The van der Waals surface area contributed by atoms with E-state index in [1.807, 2.05) is 24.3 Å². The Kier molecular flexibility index (Phi) is 7.26. The maximum Gasteiger partial charge on any atom is 0.259 e. The number of para-hydroxylation sites is 1. The van der Waals surface area contributed by atoms with E-state index >= 15 is 0 Å². The molecule has 2 N–H and O–H groups in total. The second-order valence-electron chi connectivity index (χ2n) is 7.75. The molecule has 0 aliphatic heterocycles. The van der Waals surface area contributed by atoms with Crippen LogP contribution in [0.4, 0.5) is 14.5 Å². The summed E-state index contributed by atoms with van der Waals surface area (Å²) in [5.74, 6) is -0.965. The molecule has 5 nitrogen and oxygen atoms in total. The molecule has 0 aliphatic carbocycles. The van der Waals surface area contributed by atoms with Crippen LogP contribution >= 0.6 is 0 Å². The molecule has 0 spiro atoms. The zero-order valence-electron chi connectivity index (χ0n) is 18.9. The molecule has 1 amide bonds. The summed E-state index contributed by atoms with van der Waals surface area (Å²) in [6, 6.07) is 21.8. The SMILES string of the molecule is COc1ccccc1CCOc1cccc(NC(=O)c2cc(-c3ccc(F)cc3F)ccc2O)c1. The summed E-state index contributed by atoms with van der Waals surface area (Å²) in [6.07, 6.45) is 0.640. The molecule has 0 atom stereocenters. The number of phenolic OH excluding ortho intramolecular Hbond substituents is 1. The molecule has 0 heterocycles. The number of carbonyl (C=O) groups excluding carboxylic acids is 1. The van der Waals surface area contributed by atoms with Crippen LogP contribution in [0.1, 0.15) is 15.9 Å². The van der Waals surface area contributed by atoms with Gasteiger partial charge in [0.15, 0.2) is 0 Å². The monoisotopic (exact) mass is 475 g/mol. The Bertz CT molecular complexity index is 1360. The van der Waals surface area contributed by atoms with Gasteiger partial charge in [-0.1, -0.05) is 30.3 Å². The lowest BCUT2D eigenvalue weighted by atomic mass is 10.0. The molecule has 0 aromatic heterocycles. The Morgan fingerprint density at radius 2 is 1.77 bits per heavy atom. The average Bonchev–Trinajstić information content (AvgIpc) is 2.85. The second-order valence-corrected chi connectivity index (χ2v) is 7.75. The molecule has 0 saturated carbocycles. The van der Waals surface area contributed by atoms with Crippen LogP contribution < -0.4 is 14.8 Å². The molecule has 7 heteroatoms. The van der Waals surface area contributed by atoms with Crippen molar-refractivity contribution in [3.63, 3.8) is 0 Å². The van der Waals surface area contributed by atoms with E-state index in [2.05, 4.69) is 5.32 Å². The number of rotatable bonds is 8. The minimum atomic E-state index is -0.764. The summed E-state index contributed by atoms with van der Waals surface area (Å²) in [5.41, 5.74) is 1.88. The fourth-order valence-corrected chi connectivity index (χ4v) is 3.66. The quantitative estimate of drug-likeness (QED) is 0.318. The van der Waals surface area contributed by atoms with E-state index < -0.39 is 17.5 Å². The molecule has 35 heavy (non-hydrogen) atoms. The molecule has 4 aromatic rings. The highest BCUT2D eigenvalue weighted by atomic mass is 19.1. The van der Waals surface area contributed by atoms with Gasteiger partial charge in [-0.2, -0.15) is 0 Å². The van der Waals surface area contributed by atoms with E-state index in [0.29, 0.717) is 30.0 Å². The van der Waals surface area contributed by atoms with Gasteiger partial charge in [-0.25, -0.2) is 8.78 Å². The normalized spacial score (nSPS) is 10.6. The first-order valence-electron chi connectivity index (χ1n) is 10.9. The predicted molar refractivity (Wildman–Crippen MR) is 130 cm³/mol. The third-order valence-electron chi connectivity index (χ3n) is 5.41. The fraction of sp³-hybridized carbons (Fsp3) is 0.107. The number of ether oxygens (including phenoxy) is 2. The summed E-state index contributed by atoms with van der Waals surface area (Å²) in [6.45, 7) is 0.407. The van der Waals surface area contributed by atoms with Gasteiger partial charge in [0.05, 0.1) is 19.3 Å². The first kappa shape index (κ1) is 23.8. The summed E-state index contributed by atoms with van der Waals surface area (Å²) < 4.78 is 38.6. The minimum absolute atomic E-state index is 0.0475. The van der Waals surface area contributed by atoms with Gasteiger partial charge in [0.1, 0.15) is 28.9 Å². The Balaban J connectivity index is 1.45. The third kappa shape index (κ3) is 5.76. The minimum Gasteiger partial charge on any atom is -0.507 e. The summed E-state index contributed by atoms with van der Waals surface area (Å²) >= 11 is 0. The van der Waals surface area contributed by atoms with Crippen molar-refractivity contribution in [1.29, 1.82) is 0 Å². The zero-order valence-corrected chi connectivity index (χ0v) is 18.9. The highest BCUT2D eigenvalue weighted by Gasteiger charge is 2.15. The number of amides is 1. The van der Waals surface area contributed by atoms with Crippen molar-refractivity contribution in [3.05, 3.63) is 108 Å². The van der Waals surface area contributed by atoms with Crippen molar-refractivity contribution in [2.75, 3.05) is 19.0 Å². The Hall–Kier alpha value is -4.39. The molecule has 178 valence electrons. The molecule has 0 radical (unpaired) electrons. The number of methoxy groups -OCH3 is 1. The van der Waals surface area contributed by atoms with Crippen molar-refractivity contribution in [3.8, 4) is 28.4 Å². The fourth-order valence-electron chi connectivity index (χ4n) is 3.66. The van der Waals surface area contributed by atoms with Crippen LogP contribution in [0.15, 0.2) is 84.9 Å². The van der Waals surface area contributed by atoms with Gasteiger partial charge in [-0.05, 0) is 53.6 Å². The van der Waals surface area contributed by atoms with Crippen molar-refractivity contribution in [2.24, 2.45) is 0 Å². The molecule has 0 bridgehead atoms. The number of halogens is 2. The summed E-state index contributed by atoms with van der Waals surface area (Å²) in [5, 5.41) is 12.9. The van der Waals surface area contributed by atoms with Gasteiger partial charge in [-0.15, -0.1) is 0 Å². The predicted octanol–water partition coefficient (Wildman–Crippen LogP) is 6.22. The molecule has 4 aromatic carbocycles. The van der Waals surface area contributed by atoms with E-state index in [0.717, 1.165) is 23.4 Å². The molecular weight excluding hydrogens is 452 g/mol. The Morgan fingerprint density at radius 1 is 0.943 bits per heavy atom. The van der Waals surface area contributed by atoms with E-state index in [1.165, 1.54) is 24.3 Å². The van der Waals surface area contributed by atoms with E-state index in [9.17, 15) is 18.7 Å². The van der Waals surface area contributed by atoms with E-state index in [1.54, 1.807) is 31.4 Å². The molecule has 0 unspecified atom stereocenters. The van der Waals surface area contributed by atoms with Gasteiger partial charge >= 0.3 is 0 Å². The average molecular weight is 475 g/mol. The van der Waals surface area contributed by atoms with Crippen molar-refractivity contribution in [1.82, 2.24) is 0 Å². The van der Waals surface area contributed by atoms with Crippen molar-refractivity contribution < 1.29 is 28.2 Å². The number of nitrogens with one attached hydrogen (secondary N) is 1. The largest absolute Gasteiger partial charge is 0.507 e. The zero-order chi connectivity index (χ0) is 24.8. The lowest BCUT2D eigenvalue weighted by molar-refractivity contribution is 0.102. The maximum atomic E-state index is 14.2. The lowest BCUT2D eigenvalue weighted by Crippen LogP contribution is -2.12. The smallest absolute Gasteiger partial charge is 0.259 e. The number of carbonyl (C=O) groups is 1. The number of benzene rings is 4. The van der Waals surface area contributed by atoms with Gasteiger partial charge in [0, 0.05) is 29.8 Å². The van der Waals surface area contributed by atoms with E-state index in [-0.39, 0.29) is 16.9 Å². The van der Waals surface area contributed by atoms with Crippen LogP contribution in [0.3, 0.4) is 0 Å². The molecular formula is C28H23F2NO4. The van der Waals surface area contributed by atoms with Gasteiger partial charge < -0.3 is 19.9 Å². The summed E-state index contributed by atoms with van der Waals surface area (Å²) in [4.78, 5) is 12.9. The van der Waals surface area contributed by atoms with Crippen LogP contribution in [-0.4, -0.2) is 24.7 Å². The Morgan fingerprint density at radius 3 is 2.57 bits per heavy atom. The number of anilines is 1. The number of aromatic hydroxyl groups is 1. The van der Waals surface area contributed by atoms with Gasteiger partial charge in [0.25, 0.3) is 5.91 Å².